The molecule has 0 saturated heterocycles. The minimum absolute atomic E-state index is 0.0381. The van der Waals surface area contributed by atoms with Gasteiger partial charge in [-0.1, -0.05) is 29.8 Å². The number of rotatable bonds is 2. The fraction of sp³-hybridized carbons (Fsp3) is 0.188. The Labute approximate surface area is 142 Å². The SMILES string of the molecule is C[C@@H]1Cc2ccccc2N1S(=O)(=O)c1cc2oc(=O)[nH]c2cc1Cl. The summed E-state index contributed by atoms with van der Waals surface area (Å²) in [6.07, 6.45) is 0.633. The highest BCUT2D eigenvalue weighted by atomic mass is 35.5. The zero-order chi connectivity index (χ0) is 17.1. The second-order valence-electron chi connectivity index (χ2n) is 5.78. The number of oxazole rings is 1. The van der Waals surface area contributed by atoms with E-state index in [1.165, 1.54) is 16.4 Å². The van der Waals surface area contributed by atoms with Crippen LogP contribution in [0.4, 0.5) is 5.69 Å². The standard InChI is InChI=1S/C16H13ClN2O4S/c1-9-6-10-4-2-3-5-13(10)19(9)24(21,22)15-8-14-12(7-11(15)17)18-16(20)23-14/h2-5,7-9H,6H2,1H3,(H,18,20)/t9-/m1/s1. The van der Waals surface area contributed by atoms with E-state index in [-0.39, 0.29) is 21.5 Å². The van der Waals surface area contributed by atoms with E-state index in [0.29, 0.717) is 17.6 Å². The number of anilines is 1. The summed E-state index contributed by atoms with van der Waals surface area (Å²) in [4.78, 5) is 13.7. The molecule has 0 aliphatic carbocycles. The molecule has 0 radical (unpaired) electrons. The van der Waals surface area contributed by atoms with Crippen LogP contribution in [0.5, 0.6) is 0 Å². The predicted octanol–water partition coefficient (Wildman–Crippen LogP) is 2.91. The molecule has 124 valence electrons. The number of para-hydroxylation sites is 1. The molecule has 1 aromatic heterocycles. The number of nitrogens with zero attached hydrogens (tertiary/aromatic N) is 1. The molecule has 2 aromatic carbocycles. The zero-order valence-electron chi connectivity index (χ0n) is 12.6. The quantitative estimate of drug-likeness (QED) is 0.757. The van der Waals surface area contributed by atoms with Crippen molar-refractivity contribution in [3.63, 3.8) is 0 Å². The fourth-order valence-corrected chi connectivity index (χ4v) is 5.37. The first-order chi connectivity index (χ1) is 11.4. The van der Waals surface area contributed by atoms with Gasteiger partial charge in [-0.25, -0.2) is 13.2 Å². The molecule has 0 amide bonds. The van der Waals surface area contributed by atoms with E-state index in [9.17, 15) is 13.2 Å². The second kappa shape index (κ2) is 5.12. The predicted molar refractivity (Wildman–Crippen MR) is 91.1 cm³/mol. The largest absolute Gasteiger partial charge is 0.417 e. The molecule has 2 heterocycles. The molecule has 8 heteroatoms. The van der Waals surface area contributed by atoms with Crippen LogP contribution in [-0.2, 0) is 16.4 Å². The van der Waals surface area contributed by atoms with E-state index in [4.69, 9.17) is 16.0 Å². The summed E-state index contributed by atoms with van der Waals surface area (Å²) in [7, 11) is -3.89. The Hall–Kier alpha value is -2.25. The molecule has 1 atom stereocenters. The smallest absolute Gasteiger partial charge is 0.408 e. The number of hydrogen-bond donors (Lipinski definition) is 1. The Morgan fingerprint density at radius 1 is 1.29 bits per heavy atom. The maximum atomic E-state index is 13.2. The van der Waals surface area contributed by atoms with Crippen molar-refractivity contribution >= 4 is 38.4 Å². The van der Waals surface area contributed by atoms with Gasteiger partial charge >= 0.3 is 5.76 Å². The summed E-state index contributed by atoms with van der Waals surface area (Å²) in [6, 6.07) is 9.83. The van der Waals surface area contributed by atoms with Crippen LogP contribution in [0.2, 0.25) is 5.02 Å². The first kappa shape index (κ1) is 15.3. The van der Waals surface area contributed by atoms with Crippen LogP contribution in [0.3, 0.4) is 0 Å². The summed E-state index contributed by atoms with van der Waals surface area (Å²) in [5.74, 6) is -0.657. The van der Waals surface area contributed by atoms with Gasteiger partial charge in [0.05, 0.1) is 16.2 Å². The highest BCUT2D eigenvalue weighted by Crippen LogP contribution is 2.38. The minimum Gasteiger partial charge on any atom is -0.408 e. The van der Waals surface area contributed by atoms with Crippen LogP contribution in [0.1, 0.15) is 12.5 Å². The maximum absolute atomic E-state index is 13.2. The molecule has 24 heavy (non-hydrogen) atoms. The number of fused-ring (bicyclic) bond motifs is 2. The van der Waals surface area contributed by atoms with Crippen molar-refractivity contribution in [1.29, 1.82) is 0 Å². The summed E-state index contributed by atoms with van der Waals surface area (Å²) >= 11 is 6.18. The summed E-state index contributed by atoms with van der Waals surface area (Å²) in [5.41, 5.74) is 2.14. The lowest BCUT2D eigenvalue weighted by Gasteiger charge is -2.24. The molecular formula is C16H13ClN2O4S. The van der Waals surface area contributed by atoms with Gasteiger partial charge < -0.3 is 4.42 Å². The summed E-state index contributed by atoms with van der Waals surface area (Å²) in [5, 5.41) is 0.0381. The van der Waals surface area contributed by atoms with E-state index in [2.05, 4.69) is 4.98 Å². The lowest BCUT2D eigenvalue weighted by molar-refractivity contribution is 0.553. The molecule has 1 N–H and O–H groups in total. The number of aromatic amines is 1. The Kier molecular flexibility index (Phi) is 3.26. The minimum atomic E-state index is -3.89. The van der Waals surface area contributed by atoms with E-state index in [0.717, 1.165) is 5.56 Å². The van der Waals surface area contributed by atoms with Gasteiger partial charge in [0.25, 0.3) is 10.0 Å². The third-order valence-electron chi connectivity index (χ3n) is 4.16. The van der Waals surface area contributed by atoms with Crippen molar-refractivity contribution in [3.05, 3.63) is 57.5 Å². The van der Waals surface area contributed by atoms with E-state index >= 15 is 0 Å². The first-order valence-corrected chi connectivity index (χ1v) is 9.14. The normalized spacial score (nSPS) is 17.4. The molecule has 6 nitrogen and oxygen atoms in total. The number of hydrogen-bond acceptors (Lipinski definition) is 4. The van der Waals surface area contributed by atoms with Gasteiger partial charge in [-0.05, 0) is 31.0 Å². The van der Waals surface area contributed by atoms with Gasteiger partial charge in [0.15, 0.2) is 5.58 Å². The van der Waals surface area contributed by atoms with Crippen molar-refractivity contribution in [1.82, 2.24) is 4.98 Å². The third kappa shape index (κ3) is 2.16. The van der Waals surface area contributed by atoms with Crippen molar-refractivity contribution in [3.8, 4) is 0 Å². The van der Waals surface area contributed by atoms with Gasteiger partial charge in [0.1, 0.15) is 4.90 Å². The van der Waals surface area contributed by atoms with Gasteiger partial charge in [0.2, 0.25) is 0 Å². The van der Waals surface area contributed by atoms with E-state index in [1.807, 2.05) is 19.1 Å². The van der Waals surface area contributed by atoms with Crippen LogP contribution in [0, 0.1) is 0 Å². The molecule has 0 fully saturated rings. The third-order valence-corrected chi connectivity index (χ3v) is 6.55. The van der Waals surface area contributed by atoms with Crippen molar-refractivity contribution in [2.45, 2.75) is 24.3 Å². The Balaban J connectivity index is 1.92. The van der Waals surface area contributed by atoms with Crippen LogP contribution in [0.15, 0.2) is 50.5 Å². The average Bonchev–Trinajstić information content (AvgIpc) is 3.03. The van der Waals surface area contributed by atoms with Crippen molar-refractivity contribution < 1.29 is 12.8 Å². The zero-order valence-corrected chi connectivity index (χ0v) is 14.2. The molecule has 0 spiro atoms. The van der Waals surface area contributed by atoms with Gasteiger partial charge in [-0.15, -0.1) is 0 Å². The molecule has 4 rings (SSSR count). The summed E-state index contributed by atoms with van der Waals surface area (Å²) < 4.78 is 32.7. The van der Waals surface area contributed by atoms with Crippen LogP contribution in [-0.4, -0.2) is 19.4 Å². The van der Waals surface area contributed by atoms with E-state index < -0.39 is 15.8 Å². The number of sulfonamides is 1. The molecule has 1 aliphatic rings. The number of nitrogens with one attached hydrogen (secondary N) is 1. The fourth-order valence-electron chi connectivity index (χ4n) is 3.16. The van der Waals surface area contributed by atoms with Crippen molar-refractivity contribution in [2.75, 3.05) is 4.31 Å². The Bertz CT molecular complexity index is 1120. The highest BCUT2D eigenvalue weighted by Gasteiger charge is 2.37. The first-order valence-electron chi connectivity index (χ1n) is 7.32. The number of benzene rings is 2. The van der Waals surface area contributed by atoms with Gasteiger partial charge in [-0.3, -0.25) is 9.29 Å². The lowest BCUT2D eigenvalue weighted by atomic mass is 10.1. The number of aromatic nitrogens is 1. The lowest BCUT2D eigenvalue weighted by Crippen LogP contribution is -2.35. The van der Waals surface area contributed by atoms with Crippen LogP contribution >= 0.6 is 11.6 Å². The van der Waals surface area contributed by atoms with Crippen LogP contribution in [0.25, 0.3) is 11.1 Å². The van der Waals surface area contributed by atoms with E-state index in [1.54, 1.807) is 12.1 Å². The molecule has 3 aromatic rings. The Morgan fingerprint density at radius 3 is 2.83 bits per heavy atom. The average molecular weight is 365 g/mol. The topological polar surface area (TPSA) is 83.4 Å². The number of H-pyrrole nitrogens is 1. The van der Waals surface area contributed by atoms with Crippen molar-refractivity contribution in [2.24, 2.45) is 0 Å². The summed E-state index contributed by atoms with van der Waals surface area (Å²) in [6.45, 7) is 1.85. The highest BCUT2D eigenvalue weighted by molar-refractivity contribution is 7.93. The second-order valence-corrected chi connectivity index (χ2v) is 7.97. The Morgan fingerprint density at radius 2 is 2.04 bits per heavy atom. The molecule has 0 saturated carbocycles. The molecule has 0 bridgehead atoms. The monoisotopic (exact) mass is 364 g/mol. The van der Waals surface area contributed by atoms with Gasteiger partial charge in [-0.2, -0.15) is 0 Å². The molecule has 1 aliphatic heterocycles. The molecular weight excluding hydrogens is 352 g/mol. The number of halogens is 1. The maximum Gasteiger partial charge on any atom is 0.417 e. The van der Waals surface area contributed by atoms with Crippen LogP contribution < -0.4 is 10.1 Å². The van der Waals surface area contributed by atoms with Gasteiger partial charge in [0, 0.05) is 12.1 Å². The molecule has 0 unspecified atom stereocenters.